The summed E-state index contributed by atoms with van der Waals surface area (Å²) in [4.78, 5) is 6.49. The first-order chi connectivity index (χ1) is 8.28. The zero-order chi connectivity index (χ0) is 12.1. The molecule has 0 unspecified atom stereocenters. The molecule has 2 heterocycles. The maximum atomic E-state index is 8.62. The zero-order valence-electron chi connectivity index (χ0n) is 9.56. The minimum Gasteiger partial charge on any atom is -0.367 e. The molecule has 1 aromatic rings. The van der Waals surface area contributed by atoms with E-state index < -0.39 is 0 Å². The van der Waals surface area contributed by atoms with Crippen molar-refractivity contribution >= 4 is 21.7 Å². The van der Waals surface area contributed by atoms with Gasteiger partial charge in [-0.25, -0.2) is 4.98 Å². The van der Waals surface area contributed by atoms with Crippen LogP contribution in [0.15, 0.2) is 22.8 Å². The molecule has 1 saturated heterocycles. The van der Waals surface area contributed by atoms with Gasteiger partial charge in [-0.15, -0.1) is 0 Å². The Morgan fingerprint density at radius 2 is 2.24 bits per heavy atom. The van der Waals surface area contributed by atoms with Gasteiger partial charge in [-0.1, -0.05) is 0 Å². The fourth-order valence-corrected chi connectivity index (χ4v) is 2.24. The van der Waals surface area contributed by atoms with Gasteiger partial charge in [0.25, 0.3) is 0 Å². The minimum atomic E-state index is 0.471. The molecule has 0 saturated carbocycles. The molecule has 0 aliphatic carbocycles. The molecule has 0 amide bonds. The summed E-state index contributed by atoms with van der Waals surface area (Å²) < 4.78 is 0.992. The lowest BCUT2D eigenvalue weighted by Gasteiger charge is -2.30. The highest BCUT2D eigenvalue weighted by atomic mass is 79.9. The molecule has 0 bridgehead atoms. The van der Waals surface area contributed by atoms with Crippen LogP contribution < -0.4 is 5.32 Å². The normalized spacial score (nSPS) is 17.6. The van der Waals surface area contributed by atoms with E-state index in [2.05, 4.69) is 37.2 Å². The maximum Gasteiger partial charge on any atom is 0.126 e. The van der Waals surface area contributed by atoms with E-state index in [0.717, 1.165) is 36.2 Å². The fourth-order valence-electron chi connectivity index (χ4n) is 2.01. The van der Waals surface area contributed by atoms with Crippen LogP contribution in [0.2, 0.25) is 0 Å². The third-order valence-corrected chi connectivity index (χ3v) is 3.43. The Kier molecular flexibility index (Phi) is 4.35. The van der Waals surface area contributed by atoms with Crippen molar-refractivity contribution in [1.29, 1.82) is 5.26 Å². The summed E-state index contributed by atoms with van der Waals surface area (Å²) in [5.41, 5.74) is 0. The zero-order valence-corrected chi connectivity index (χ0v) is 11.2. The second-order valence-corrected chi connectivity index (χ2v) is 5.13. The Bertz CT molecular complexity index is 390. The molecule has 2 rings (SSSR count). The second kappa shape index (κ2) is 5.99. The largest absolute Gasteiger partial charge is 0.367 e. The number of rotatable bonds is 3. The van der Waals surface area contributed by atoms with Crippen LogP contribution in [0.25, 0.3) is 0 Å². The highest BCUT2D eigenvalue weighted by Crippen LogP contribution is 2.16. The van der Waals surface area contributed by atoms with E-state index in [0.29, 0.717) is 12.6 Å². The molecular weight excluding hydrogens is 280 g/mol. The van der Waals surface area contributed by atoms with E-state index in [4.69, 9.17) is 5.26 Å². The van der Waals surface area contributed by atoms with Crippen LogP contribution in [-0.4, -0.2) is 35.6 Å². The van der Waals surface area contributed by atoms with E-state index >= 15 is 0 Å². The van der Waals surface area contributed by atoms with Crippen LogP contribution in [0.1, 0.15) is 12.8 Å². The Hall–Kier alpha value is -1.12. The summed E-state index contributed by atoms with van der Waals surface area (Å²) in [5.74, 6) is 0.923. The first-order valence-electron chi connectivity index (χ1n) is 5.75. The molecule has 1 aliphatic heterocycles. The van der Waals surface area contributed by atoms with E-state index in [9.17, 15) is 0 Å². The molecule has 1 aromatic heterocycles. The molecule has 4 nitrogen and oxygen atoms in total. The van der Waals surface area contributed by atoms with Gasteiger partial charge in [0.05, 0.1) is 12.6 Å². The third-order valence-electron chi connectivity index (χ3n) is 2.96. The Labute approximate surface area is 110 Å². The average Bonchev–Trinajstić information content (AvgIpc) is 2.35. The third kappa shape index (κ3) is 3.69. The first kappa shape index (κ1) is 12.3. The Balaban J connectivity index is 1.82. The van der Waals surface area contributed by atoms with Gasteiger partial charge >= 0.3 is 0 Å². The Morgan fingerprint density at radius 3 is 2.82 bits per heavy atom. The number of anilines is 1. The lowest BCUT2D eigenvalue weighted by Crippen LogP contribution is -2.39. The molecule has 0 radical (unpaired) electrons. The number of pyridine rings is 1. The number of piperidine rings is 1. The van der Waals surface area contributed by atoms with Gasteiger partial charge < -0.3 is 5.32 Å². The number of likely N-dealkylation sites (tertiary alicyclic amines) is 1. The van der Waals surface area contributed by atoms with Crippen molar-refractivity contribution in [3.63, 3.8) is 0 Å². The van der Waals surface area contributed by atoms with E-state index in [1.54, 1.807) is 6.20 Å². The van der Waals surface area contributed by atoms with Crippen LogP contribution >= 0.6 is 15.9 Å². The van der Waals surface area contributed by atoms with Crippen molar-refractivity contribution in [2.75, 3.05) is 25.0 Å². The molecular formula is C12H15BrN4. The first-order valence-corrected chi connectivity index (χ1v) is 6.54. The molecule has 0 spiro atoms. The lowest BCUT2D eigenvalue weighted by atomic mass is 10.1. The average molecular weight is 295 g/mol. The number of nitriles is 1. The van der Waals surface area contributed by atoms with Crippen molar-refractivity contribution in [3.05, 3.63) is 22.8 Å². The van der Waals surface area contributed by atoms with Gasteiger partial charge in [0.1, 0.15) is 5.82 Å². The van der Waals surface area contributed by atoms with Gasteiger partial charge in [0.15, 0.2) is 0 Å². The number of hydrogen-bond acceptors (Lipinski definition) is 4. The van der Waals surface area contributed by atoms with Gasteiger partial charge in [-0.2, -0.15) is 5.26 Å². The summed E-state index contributed by atoms with van der Waals surface area (Å²) in [6, 6.07) is 6.63. The predicted octanol–water partition coefficient (Wildman–Crippen LogP) is 2.24. The topological polar surface area (TPSA) is 52.0 Å². The number of aromatic nitrogens is 1. The molecule has 90 valence electrons. The smallest absolute Gasteiger partial charge is 0.126 e. The van der Waals surface area contributed by atoms with E-state index in [1.807, 2.05) is 12.1 Å². The molecule has 1 N–H and O–H groups in total. The fraction of sp³-hybridized carbons (Fsp3) is 0.500. The molecule has 0 aromatic carbocycles. The summed E-state index contributed by atoms with van der Waals surface area (Å²) in [7, 11) is 0. The van der Waals surface area contributed by atoms with Gasteiger partial charge in [-0.05, 0) is 40.9 Å². The van der Waals surface area contributed by atoms with Crippen LogP contribution in [-0.2, 0) is 0 Å². The lowest BCUT2D eigenvalue weighted by molar-refractivity contribution is 0.242. The van der Waals surface area contributed by atoms with Crippen LogP contribution in [0.5, 0.6) is 0 Å². The van der Waals surface area contributed by atoms with Crippen LogP contribution in [0.4, 0.5) is 5.82 Å². The monoisotopic (exact) mass is 294 g/mol. The molecule has 17 heavy (non-hydrogen) atoms. The van der Waals surface area contributed by atoms with Crippen LogP contribution in [0.3, 0.4) is 0 Å². The molecule has 0 atom stereocenters. The van der Waals surface area contributed by atoms with Crippen molar-refractivity contribution in [2.24, 2.45) is 0 Å². The number of halogens is 1. The van der Waals surface area contributed by atoms with Crippen molar-refractivity contribution in [1.82, 2.24) is 9.88 Å². The summed E-state index contributed by atoms with van der Waals surface area (Å²) in [6.45, 7) is 2.52. The predicted molar refractivity (Wildman–Crippen MR) is 70.6 cm³/mol. The van der Waals surface area contributed by atoms with Gasteiger partial charge in [0.2, 0.25) is 0 Å². The van der Waals surface area contributed by atoms with E-state index in [1.165, 1.54) is 0 Å². The van der Waals surface area contributed by atoms with Crippen molar-refractivity contribution < 1.29 is 0 Å². The quantitative estimate of drug-likeness (QED) is 0.869. The molecule has 5 heteroatoms. The van der Waals surface area contributed by atoms with E-state index in [-0.39, 0.29) is 0 Å². The van der Waals surface area contributed by atoms with Gasteiger partial charge in [-0.3, -0.25) is 4.90 Å². The minimum absolute atomic E-state index is 0.471. The number of nitrogens with zero attached hydrogens (tertiary/aromatic N) is 3. The summed E-state index contributed by atoms with van der Waals surface area (Å²) >= 11 is 3.37. The summed E-state index contributed by atoms with van der Waals surface area (Å²) in [6.07, 6.45) is 3.94. The molecule has 1 fully saturated rings. The Morgan fingerprint density at radius 1 is 1.47 bits per heavy atom. The highest BCUT2D eigenvalue weighted by molar-refractivity contribution is 9.10. The highest BCUT2D eigenvalue weighted by Gasteiger charge is 2.18. The number of nitrogens with one attached hydrogen (secondary N) is 1. The van der Waals surface area contributed by atoms with Crippen LogP contribution in [0, 0.1) is 11.3 Å². The van der Waals surface area contributed by atoms with Gasteiger partial charge in [0, 0.05) is 29.8 Å². The second-order valence-electron chi connectivity index (χ2n) is 4.21. The summed E-state index contributed by atoms with van der Waals surface area (Å²) in [5, 5.41) is 12.1. The maximum absolute atomic E-state index is 8.62. The van der Waals surface area contributed by atoms with Crippen molar-refractivity contribution in [2.45, 2.75) is 18.9 Å². The number of hydrogen-bond donors (Lipinski definition) is 1. The SMILES string of the molecule is N#CCN1CCC(Nc2ccc(Br)cn2)CC1. The molecule has 1 aliphatic rings. The van der Waals surface area contributed by atoms with Crippen molar-refractivity contribution in [3.8, 4) is 6.07 Å². The standard InChI is InChI=1S/C12H15BrN4/c13-10-1-2-12(15-9-10)16-11-3-6-17(7-4-11)8-5-14/h1-2,9,11H,3-4,6-8H2,(H,15,16).